The SMILES string of the molecule is CC1CC(CN)CN1C(=O)c1ccc2c(c1)CCC2.Cl. The van der Waals surface area contributed by atoms with Crippen LogP contribution >= 0.6 is 12.4 Å². The molecule has 0 radical (unpaired) electrons. The molecule has 2 N–H and O–H groups in total. The summed E-state index contributed by atoms with van der Waals surface area (Å²) >= 11 is 0. The van der Waals surface area contributed by atoms with Crippen molar-refractivity contribution in [1.29, 1.82) is 0 Å². The summed E-state index contributed by atoms with van der Waals surface area (Å²) in [5.74, 6) is 0.645. The minimum Gasteiger partial charge on any atom is -0.336 e. The quantitative estimate of drug-likeness (QED) is 0.910. The van der Waals surface area contributed by atoms with Crippen molar-refractivity contribution in [1.82, 2.24) is 4.90 Å². The van der Waals surface area contributed by atoms with Crippen molar-refractivity contribution in [2.45, 2.75) is 38.6 Å². The van der Waals surface area contributed by atoms with Gasteiger partial charge < -0.3 is 10.6 Å². The molecule has 1 aliphatic heterocycles. The van der Waals surface area contributed by atoms with E-state index in [1.807, 2.05) is 11.0 Å². The molecule has 2 unspecified atom stereocenters. The second kappa shape index (κ2) is 6.15. The lowest BCUT2D eigenvalue weighted by molar-refractivity contribution is 0.0743. The van der Waals surface area contributed by atoms with Crippen molar-refractivity contribution in [3.63, 3.8) is 0 Å². The minimum absolute atomic E-state index is 0. The van der Waals surface area contributed by atoms with E-state index in [9.17, 15) is 4.79 Å². The number of nitrogens with zero attached hydrogens (tertiary/aromatic N) is 1. The molecule has 3 rings (SSSR count). The molecule has 3 nitrogen and oxygen atoms in total. The molecule has 1 heterocycles. The van der Waals surface area contributed by atoms with Gasteiger partial charge in [0.25, 0.3) is 5.91 Å². The van der Waals surface area contributed by atoms with Gasteiger partial charge >= 0.3 is 0 Å². The number of hydrogen-bond acceptors (Lipinski definition) is 2. The van der Waals surface area contributed by atoms with Crippen LogP contribution in [0.4, 0.5) is 0 Å². The standard InChI is InChI=1S/C16H22N2O.ClH/c1-11-7-12(9-17)10-18(11)16(19)15-6-5-13-3-2-4-14(13)8-15;/h5-6,8,11-12H,2-4,7,9-10,17H2,1H3;1H. The second-order valence-corrected chi connectivity index (χ2v) is 5.98. The highest BCUT2D eigenvalue weighted by Crippen LogP contribution is 2.27. The third kappa shape index (κ3) is 2.70. The lowest BCUT2D eigenvalue weighted by atomic mass is 10.1. The molecule has 4 heteroatoms. The third-order valence-corrected chi connectivity index (χ3v) is 4.60. The van der Waals surface area contributed by atoms with Crippen LogP contribution in [0.5, 0.6) is 0 Å². The average Bonchev–Trinajstić information content (AvgIpc) is 3.02. The Morgan fingerprint density at radius 3 is 2.80 bits per heavy atom. The fraction of sp³-hybridized carbons (Fsp3) is 0.562. The van der Waals surface area contributed by atoms with E-state index in [0.717, 1.165) is 24.9 Å². The summed E-state index contributed by atoms with van der Waals surface area (Å²) < 4.78 is 0. The lowest BCUT2D eigenvalue weighted by Gasteiger charge is -2.22. The number of rotatable bonds is 2. The highest BCUT2D eigenvalue weighted by atomic mass is 35.5. The molecule has 1 saturated heterocycles. The van der Waals surface area contributed by atoms with Crippen LogP contribution in [0.2, 0.25) is 0 Å². The number of benzene rings is 1. The molecule has 1 amide bonds. The van der Waals surface area contributed by atoms with Crippen molar-refractivity contribution in [3.8, 4) is 0 Å². The van der Waals surface area contributed by atoms with Crippen LogP contribution in [0.1, 0.15) is 41.3 Å². The number of carbonyl (C=O) groups excluding carboxylic acids is 1. The number of carbonyl (C=O) groups is 1. The Labute approximate surface area is 126 Å². The number of nitrogens with two attached hydrogens (primary N) is 1. The zero-order chi connectivity index (χ0) is 13.4. The lowest BCUT2D eigenvalue weighted by Crippen LogP contribution is -2.34. The maximum Gasteiger partial charge on any atom is 0.254 e. The normalized spacial score (nSPS) is 24.4. The molecule has 1 fully saturated rings. The van der Waals surface area contributed by atoms with E-state index in [1.165, 1.54) is 24.0 Å². The zero-order valence-corrected chi connectivity index (χ0v) is 12.8. The van der Waals surface area contributed by atoms with Crippen molar-refractivity contribution >= 4 is 18.3 Å². The van der Waals surface area contributed by atoms with Gasteiger partial charge in [-0.25, -0.2) is 0 Å². The summed E-state index contributed by atoms with van der Waals surface area (Å²) in [4.78, 5) is 14.6. The second-order valence-electron chi connectivity index (χ2n) is 5.98. The van der Waals surface area contributed by atoms with Crippen molar-refractivity contribution in [3.05, 3.63) is 34.9 Å². The molecule has 0 bridgehead atoms. The van der Waals surface area contributed by atoms with Gasteiger partial charge in [0.1, 0.15) is 0 Å². The van der Waals surface area contributed by atoms with Gasteiger partial charge in [0.15, 0.2) is 0 Å². The van der Waals surface area contributed by atoms with E-state index in [-0.39, 0.29) is 18.3 Å². The van der Waals surface area contributed by atoms with Crippen LogP contribution in [-0.2, 0) is 12.8 Å². The molecule has 0 spiro atoms. The van der Waals surface area contributed by atoms with Gasteiger partial charge in [-0.1, -0.05) is 6.07 Å². The van der Waals surface area contributed by atoms with Gasteiger partial charge in [0.05, 0.1) is 0 Å². The number of likely N-dealkylation sites (tertiary alicyclic amines) is 1. The highest BCUT2D eigenvalue weighted by Gasteiger charge is 2.32. The molecule has 1 aromatic carbocycles. The topological polar surface area (TPSA) is 46.3 Å². The van der Waals surface area contributed by atoms with E-state index in [4.69, 9.17) is 5.73 Å². The van der Waals surface area contributed by atoms with Gasteiger partial charge in [0, 0.05) is 18.2 Å². The first-order valence-electron chi connectivity index (χ1n) is 7.32. The summed E-state index contributed by atoms with van der Waals surface area (Å²) in [6.45, 7) is 3.62. The number of fused-ring (bicyclic) bond motifs is 1. The highest BCUT2D eigenvalue weighted by molar-refractivity contribution is 5.95. The molecule has 20 heavy (non-hydrogen) atoms. The van der Waals surface area contributed by atoms with E-state index < -0.39 is 0 Å². The van der Waals surface area contributed by atoms with Crippen LogP contribution in [0.3, 0.4) is 0 Å². The molecule has 1 aliphatic carbocycles. The van der Waals surface area contributed by atoms with Crippen LogP contribution in [-0.4, -0.2) is 29.9 Å². The molecule has 2 atom stereocenters. The van der Waals surface area contributed by atoms with Crippen molar-refractivity contribution in [2.75, 3.05) is 13.1 Å². The Kier molecular flexibility index (Phi) is 4.71. The maximum atomic E-state index is 12.6. The van der Waals surface area contributed by atoms with E-state index in [1.54, 1.807) is 0 Å². The minimum atomic E-state index is 0. The zero-order valence-electron chi connectivity index (χ0n) is 12.0. The van der Waals surface area contributed by atoms with Crippen LogP contribution in [0.25, 0.3) is 0 Å². The predicted octanol–water partition coefficient (Wildman–Crippen LogP) is 2.41. The summed E-state index contributed by atoms with van der Waals surface area (Å²) in [6, 6.07) is 6.55. The first-order valence-corrected chi connectivity index (χ1v) is 7.32. The Morgan fingerprint density at radius 1 is 1.35 bits per heavy atom. The summed E-state index contributed by atoms with van der Waals surface area (Å²) in [5.41, 5.74) is 9.38. The van der Waals surface area contributed by atoms with Gasteiger partial charge in [-0.2, -0.15) is 0 Å². The summed E-state index contributed by atoms with van der Waals surface area (Å²) in [7, 11) is 0. The summed E-state index contributed by atoms with van der Waals surface area (Å²) in [6.07, 6.45) is 4.55. The molecular weight excluding hydrogens is 272 g/mol. The van der Waals surface area contributed by atoms with Gasteiger partial charge in [-0.05, 0) is 68.3 Å². The van der Waals surface area contributed by atoms with E-state index >= 15 is 0 Å². The fourth-order valence-corrected chi connectivity index (χ4v) is 3.47. The van der Waals surface area contributed by atoms with Crippen LogP contribution in [0, 0.1) is 5.92 Å². The average molecular weight is 295 g/mol. The monoisotopic (exact) mass is 294 g/mol. The summed E-state index contributed by atoms with van der Waals surface area (Å²) in [5, 5.41) is 0. The first kappa shape index (κ1) is 15.3. The van der Waals surface area contributed by atoms with Crippen molar-refractivity contribution in [2.24, 2.45) is 11.7 Å². The molecule has 110 valence electrons. The first-order chi connectivity index (χ1) is 9.19. The van der Waals surface area contributed by atoms with Gasteiger partial charge in [-0.15, -0.1) is 12.4 Å². The van der Waals surface area contributed by atoms with Gasteiger partial charge in [0.2, 0.25) is 0 Å². The van der Waals surface area contributed by atoms with E-state index in [2.05, 4.69) is 19.1 Å². The van der Waals surface area contributed by atoms with Gasteiger partial charge in [-0.3, -0.25) is 4.79 Å². The number of hydrogen-bond donors (Lipinski definition) is 1. The Balaban J connectivity index is 0.00000147. The molecule has 1 aromatic rings. The van der Waals surface area contributed by atoms with Crippen LogP contribution in [0.15, 0.2) is 18.2 Å². The number of aryl methyl sites for hydroxylation is 2. The molecule has 2 aliphatic rings. The third-order valence-electron chi connectivity index (χ3n) is 4.60. The predicted molar refractivity (Wildman–Crippen MR) is 83.4 cm³/mol. The fourth-order valence-electron chi connectivity index (χ4n) is 3.47. The molecular formula is C16H23ClN2O. The smallest absolute Gasteiger partial charge is 0.254 e. The number of halogens is 1. The van der Waals surface area contributed by atoms with Crippen molar-refractivity contribution < 1.29 is 4.79 Å². The molecule has 0 saturated carbocycles. The number of amides is 1. The van der Waals surface area contributed by atoms with Crippen LogP contribution < -0.4 is 5.73 Å². The largest absolute Gasteiger partial charge is 0.336 e. The Bertz CT molecular complexity index is 503. The Morgan fingerprint density at radius 2 is 2.10 bits per heavy atom. The maximum absolute atomic E-state index is 12.6. The Hall–Kier alpha value is -1.06. The molecule has 0 aromatic heterocycles. The van der Waals surface area contributed by atoms with E-state index in [0.29, 0.717) is 18.5 Å².